The summed E-state index contributed by atoms with van der Waals surface area (Å²) in [5.41, 5.74) is 0.713. The second-order valence-electron chi connectivity index (χ2n) is 7.14. The van der Waals surface area contributed by atoms with Gasteiger partial charge in [-0.05, 0) is 13.5 Å². The van der Waals surface area contributed by atoms with E-state index in [0.717, 1.165) is 13.0 Å². The summed E-state index contributed by atoms with van der Waals surface area (Å²) in [5, 5.41) is 4.29. The van der Waals surface area contributed by atoms with E-state index >= 15 is 0 Å². The summed E-state index contributed by atoms with van der Waals surface area (Å²) in [6.45, 7) is 4.13. The van der Waals surface area contributed by atoms with Crippen LogP contribution in [0.25, 0.3) is 0 Å². The first-order valence-corrected chi connectivity index (χ1v) is 11.2. The van der Waals surface area contributed by atoms with Gasteiger partial charge in [-0.1, -0.05) is 19.1 Å². The molecule has 2 aliphatic rings. The van der Waals surface area contributed by atoms with Gasteiger partial charge in [0.25, 0.3) is 5.91 Å². The number of aromatic nitrogens is 2. The lowest BCUT2D eigenvalue weighted by Crippen LogP contribution is -2.38. The van der Waals surface area contributed by atoms with Gasteiger partial charge >= 0.3 is 0 Å². The lowest BCUT2D eigenvalue weighted by atomic mass is 10.1. The molecule has 8 nitrogen and oxygen atoms in total. The maximum absolute atomic E-state index is 13.2. The molecule has 2 unspecified atom stereocenters. The Labute approximate surface area is 160 Å². The maximum atomic E-state index is 13.2. The predicted molar refractivity (Wildman–Crippen MR) is 102 cm³/mol. The van der Waals surface area contributed by atoms with Crippen LogP contribution in [0.4, 0.5) is 0 Å². The molecule has 1 aromatic rings. The van der Waals surface area contributed by atoms with Crippen LogP contribution in [0.15, 0.2) is 27.6 Å². The van der Waals surface area contributed by atoms with Crippen molar-refractivity contribution in [3.8, 4) is 0 Å². The molecule has 2 atom stereocenters. The van der Waals surface area contributed by atoms with Crippen LogP contribution in [0.1, 0.15) is 31.9 Å². The van der Waals surface area contributed by atoms with E-state index in [1.54, 1.807) is 9.58 Å². The van der Waals surface area contributed by atoms with Crippen LogP contribution in [-0.4, -0.2) is 68.0 Å². The minimum Gasteiger partial charge on any atom is -0.335 e. The molecule has 27 heavy (non-hydrogen) atoms. The standard InChI is InChI=1S/C18H27N5O3S/c1-4-18(25)22-9-10-23-15(13-22)16(12-19-23)27(3,26)20-17(24)11-14-7-5-6-8-21(14)2/h5-6,12,14H,4,7-11,13H2,1-3H3. The Balaban J connectivity index is 1.81. The van der Waals surface area contributed by atoms with Crippen molar-refractivity contribution in [1.82, 2.24) is 19.6 Å². The van der Waals surface area contributed by atoms with Crippen LogP contribution < -0.4 is 0 Å². The Morgan fingerprint density at radius 3 is 2.81 bits per heavy atom. The average Bonchev–Trinajstić information content (AvgIpc) is 3.06. The lowest BCUT2D eigenvalue weighted by Gasteiger charge is -2.28. The SMILES string of the molecule is CCC(=O)N1CCn2ncc(S(C)(=O)=NC(=O)CC3CC=CCN3C)c2C1. The number of nitrogens with zero attached hydrogens (tertiary/aromatic N) is 5. The molecule has 0 saturated carbocycles. The third kappa shape index (κ3) is 4.30. The number of hydrogen-bond acceptors (Lipinski definition) is 5. The van der Waals surface area contributed by atoms with Gasteiger partial charge in [-0.2, -0.15) is 9.46 Å². The summed E-state index contributed by atoms with van der Waals surface area (Å²) in [4.78, 5) is 28.8. The van der Waals surface area contributed by atoms with Gasteiger partial charge in [0.15, 0.2) is 0 Å². The van der Waals surface area contributed by atoms with Crippen molar-refractivity contribution in [2.75, 3.05) is 26.4 Å². The smallest absolute Gasteiger partial charge is 0.255 e. The van der Waals surface area contributed by atoms with Crippen molar-refractivity contribution in [2.24, 2.45) is 4.36 Å². The van der Waals surface area contributed by atoms with Crippen LogP contribution in [-0.2, 0) is 32.4 Å². The Morgan fingerprint density at radius 2 is 2.11 bits per heavy atom. The molecule has 0 bridgehead atoms. The molecular weight excluding hydrogens is 366 g/mol. The Bertz CT molecular complexity index is 882. The molecule has 2 amide bonds. The first-order valence-electron chi connectivity index (χ1n) is 9.24. The number of rotatable bonds is 4. The molecule has 3 rings (SSSR count). The summed E-state index contributed by atoms with van der Waals surface area (Å²) in [6.07, 6.45) is 8.61. The average molecular weight is 394 g/mol. The largest absolute Gasteiger partial charge is 0.335 e. The van der Waals surface area contributed by atoms with Gasteiger partial charge in [0.1, 0.15) is 0 Å². The van der Waals surface area contributed by atoms with Crippen molar-refractivity contribution in [3.05, 3.63) is 24.0 Å². The predicted octanol–water partition coefficient (Wildman–Crippen LogP) is 1.27. The van der Waals surface area contributed by atoms with Crippen LogP contribution >= 0.6 is 0 Å². The van der Waals surface area contributed by atoms with Gasteiger partial charge < -0.3 is 4.90 Å². The van der Waals surface area contributed by atoms with Gasteiger partial charge in [0, 0.05) is 38.2 Å². The van der Waals surface area contributed by atoms with Gasteiger partial charge in [-0.15, -0.1) is 0 Å². The fraction of sp³-hybridized carbons (Fsp3) is 0.611. The first kappa shape index (κ1) is 19.8. The Morgan fingerprint density at radius 1 is 1.33 bits per heavy atom. The Kier molecular flexibility index (Phi) is 5.81. The summed E-state index contributed by atoms with van der Waals surface area (Å²) >= 11 is 0. The Hall–Kier alpha value is -2.00. The second kappa shape index (κ2) is 7.93. The van der Waals surface area contributed by atoms with Crippen LogP contribution in [0.3, 0.4) is 0 Å². The highest BCUT2D eigenvalue weighted by molar-refractivity contribution is 7.93. The fourth-order valence-electron chi connectivity index (χ4n) is 3.52. The van der Waals surface area contributed by atoms with E-state index in [-0.39, 0.29) is 24.3 Å². The molecule has 0 radical (unpaired) electrons. The molecule has 0 fully saturated rings. The minimum absolute atomic E-state index is 0.0532. The van der Waals surface area contributed by atoms with E-state index < -0.39 is 9.73 Å². The maximum Gasteiger partial charge on any atom is 0.255 e. The molecular formula is C18H27N5O3S. The molecule has 3 heterocycles. The third-order valence-corrected chi connectivity index (χ3v) is 6.88. The summed E-state index contributed by atoms with van der Waals surface area (Å²) in [5.74, 6) is -0.302. The van der Waals surface area contributed by atoms with Gasteiger partial charge in [0.05, 0.1) is 39.6 Å². The fourth-order valence-corrected chi connectivity index (χ4v) is 4.93. The van der Waals surface area contributed by atoms with Gasteiger partial charge in [-0.3, -0.25) is 19.2 Å². The third-order valence-electron chi connectivity index (χ3n) is 5.17. The zero-order valence-corrected chi connectivity index (χ0v) is 16.9. The van der Waals surface area contributed by atoms with Crippen molar-refractivity contribution in [1.29, 1.82) is 0 Å². The normalized spacial score (nSPS) is 22.2. The second-order valence-corrected chi connectivity index (χ2v) is 9.37. The molecule has 0 saturated heterocycles. The van der Waals surface area contributed by atoms with Crippen molar-refractivity contribution in [3.63, 3.8) is 0 Å². The lowest BCUT2D eigenvalue weighted by molar-refractivity contribution is -0.132. The van der Waals surface area contributed by atoms with Crippen LogP contribution in [0, 0.1) is 0 Å². The zero-order chi connectivity index (χ0) is 19.6. The molecule has 0 aliphatic carbocycles. The minimum atomic E-state index is -2.91. The molecule has 0 spiro atoms. The van der Waals surface area contributed by atoms with E-state index in [4.69, 9.17) is 0 Å². The highest BCUT2D eigenvalue weighted by Gasteiger charge is 2.27. The number of carbonyl (C=O) groups excluding carboxylic acids is 2. The molecule has 2 aliphatic heterocycles. The molecule has 9 heteroatoms. The number of fused-ring (bicyclic) bond motifs is 1. The quantitative estimate of drug-likeness (QED) is 0.719. The number of amides is 2. The summed E-state index contributed by atoms with van der Waals surface area (Å²) in [6, 6.07) is 0.0835. The summed E-state index contributed by atoms with van der Waals surface area (Å²) < 4.78 is 19.0. The highest BCUT2D eigenvalue weighted by Crippen LogP contribution is 2.23. The molecule has 0 N–H and O–H groups in total. The number of likely N-dealkylation sites (N-methyl/N-ethyl adjacent to an activating group) is 1. The monoisotopic (exact) mass is 393 g/mol. The topological polar surface area (TPSA) is 87.9 Å². The molecule has 1 aromatic heterocycles. The van der Waals surface area contributed by atoms with E-state index in [2.05, 4.69) is 26.5 Å². The van der Waals surface area contributed by atoms with E-state index in [9.17, 15) is 13.8 Å². The molecule has 148 valence electrons. The number of carbonyl (C=O) groups is 2. The van der Waals surface area contributed by atoms with E-state index in [1.807, 2.05) is 14.0 Å². The number of hydrogen-bond donors (Lipinski definition) is 0. The van der Waals surface area contributed by atoms with Crippen LogP contribution in [0.2, 0.25) is 0 Å². The van der Waals surface area contributed by atoms with Crippen LogP contribution in [0.5, 0.6) is 0 Å². The van der Waals surface area contributed by atoms with Crippen molar-refractivity contribution >= 4 is 21.5 Å². The highest BCUT2D eigenvalue weighted by atomic mass is 32.2. The van der Waals surface area contributed by atoms with Gasteiger partial charge in [0.2, 0.25) is 5.91 Å². The van der Waals surface area contributed by atoms with Crippen molar-refractivity contribution in [2.45, 2.75) is 50.2 Å². The van der Waals surface area contributed by atoms with Crippen molar-refractivity contribution < 1.29 is 13.8 Å². The van der Waals surface area contributed by atoms with E-state index in [1.165, 1.54) is 12.5 Å². The first-order chi connectivity index (χ1) is 12.8. The van der Waals surface area contributed by atoms with E-state index in [0.29, 0.717) is 36.6 Å². The molecule has 0 aromatic carbocycles. The zero-order valence-electron chi connectivity index (χ0n) is 16.1. The summed E-state index contributed by atoms with van der Waals surface area (Å²) in [7, 11) is -0.944. The van der Waals surface area contributed by atoms with Gasteiger partial charge in [-0.25, -0.2) is 4.21 Å².